The maximum Gasteiger partial charge on any atom is 0.320 e. The molecule has 0 heterocycles. The Kier molecular flexibility index (Phi) is 7.25. The molecule has 0 aliphatic carbocycles. The van der Waals surface area contributed by atoms with Crippen LogP contribution in [0.3, 0.4) is 0 Å². The number of anilines is 1. The van der Waals surface area contributed by atoms with Crippen LogP contribution in [0.25, 0.3) is 0 Å². The van der Waals surface area contributed by atoms with Gasteiger partial charge in [-0.15, -0.1) is 0 Å². The standard InChI is InChI=1S/C15H23N3O3/c1-2-3-7-21-15(20)11-18(10-14(17)19)9-12-5-4-6-13(16)8-12/h4-6,8H,2-3,7,9-11,16H2,1H3,(H2,17,19). The number of rotatable bonds is 9. The third kappa shape index (κ3) is 7.31. The number of hydrogen-bond donors (Lipinski definition) is 2. The molecule has 0 fully saturated rings. The number of nitrogens with zero attached hydrogens (tertiary/aromatic N) is 1. The number of carbonyl (C=O) groups excluding carboxylic acids is 2. The molecule has 0 atom stereocenters. The number of ether oxygens (including phenoxy) is 1. The van der Waals surface area contributed by atoms with E-state index in [0.717, 1.165) is 18.4 Å². The highest BCUT2D eigenvalue weighted by Crippen LogP contribution is 2.09. The van der Waals surface area contributed by atoms with Crippen LogP contribution in [0.4, 0.5) is 5.69 Å². The van der Waals surface area contributed by atoms with Crippen LogP contribution >= 0.6 is 0 Å². The molecule has 1 rings (SSSR count). The second-order valence-corrected chi connectivity index (χ2v) is 4.93. The van der Waals surface area contributed by atoms with Gasteiger partial charge in [0, 0.05) is 12.2 Å². The normalized spacial score (nSPS) is 10.6. The smallest absolute Gasteiger partial charge is 0.320 e. The summed E-state index contributed by atoms with van der Waals surface area (Å²) in [5, 5.41) is 0. The van der Waals surface area contributed by atoms with Crippen LogP contribution in [-0.2, 0) is 20.9 Å². The lowest BCUT2D eigenvalue weighted by Crippen LogP contribution is -2.37. The lowest BCUT2D eigenvalue weighted by atomic mass is 10.2. The third-order valence-corrected chi connectivity index (χ3v) is 2.85. The quantitative estimate of drug-likeness (QED) is 0.400. The summed E-state index contributed by atoms with van der Waals surface area (Å²) in [6, 6.07) is 7.29. The molecule has 6 heteroatoms. The minimum atomic E-state index is -0.486. The summed E-state index contributed by atoms with van der Waals surface area (Å²) >= 11 is 0. The van der Waals surface area contributed by atoms with Gasteiger partial charge in [-0.25, -0.2) is 0 Å². The number of primary amides is 1. The van der Waals surface area contributed by atoms with Crippen LogP contribution in [0.1, 0.15) is 25.3 Å². The van der Waals surface area contributed by atoms with Gasteiger partial charge >= 0.3 is 5.97 Å². The first-order chi connectivity index (χ1) is 10.0. The number of amides is 1. The monoisotopic (exact) mass is 293 g/mol. The van der Waals surface area contributed by atoms with E-state index in [1.165, 1.54) is 0 Å². The summed E-state index contributed by atoms with van der Waals surface area (Å²) in [4.78, 5) is 24.5. The molecule has 21 heavy (non-hydrogen) atoms. The molecular formula is C15H23N3O3. The molecule has 1 aromatic carbocycles. The topological polar surface area (TPSA) is 98.6 Å². The highest BCUT2D eigenvalue weighted by Gasteiger charge is 2.14. The lowest BCUT2D eigenvalue weighted by Gasteiger charge is -2.20. The van der Waals surface area contributed by atoms with Crippen LogP contribution in [-0.4, -0.2) is 36.5 Å². The molecule has 116 valence electrons. The molecule has 1 amide bonds. The average Bonchev–Trinajstić information content (AvgIpc) is 2.38. The molecule has 4 N–H and O–H groups in total. The Labute approximate surface area is 125 Å². The van der Waals surface area contributed by atoms with E-state index in [0.29, 0.717) is 18.8 Å². The van der Waals surface area contributed by atoms with Gasteiger partial charge in [0.15, 0.2) is 0 Å². The summed E-state index contributed by atoms with van der Waals surface area (Å²) in [6.45, 7) is 2.86. The van der Waals surface area contributed by atoms with Gasteiger partial charge in [0.1, 0.15) is 0 Å². The van der Waals surface area contributed by atoms with Crippen molar-refractivity contribution in [2.75, 3.05) is 25.4 Å². The molecule has 1 aromatic rings. The van der Waals surface area contributed by atoms with E-state index >= 15 is 0 Å². The highest BCUT2D eigenvalue weighted by molar-refractivity contribution is 5.77. The van der Waals surface area contributed by atoms with Crippen molar-refractivity contribution in [2.24, 2.45) is 5.73 Å². The van der Waals surface area contributed by atoms with Gasteiger partial charge in [-0.2, -0.15) is 0 Å². The zero-order chi connectivity index (χ0) is 15.7. The Morgan fingerprint density at radius 2 is 2.05 bits per heavy atom. The molecule has 6 nitrogen and oxygen atoms in total. The van der Waals surface area contributed by atoms with E-state index < -0.39 is 5.91 Å². The predicted molar refractivity (Wildman–Crippen MR) is 81.2 cm³/mol. The van der Waals surface area contributed by atoms with Crippen molar-refractivity contribution in [3.8, 4) is 0 Å². The SMILES string of the molecule is CCCCOC(=O)CN(CC(N)=O)Cc1cccc(N)c1. The molecular weight excluding hydrogens is 270 g/mol. The van der Waals surface area contributed by atoms with Crippen molar-refractivity contribution in [1.29, 1.82) is 0 Å². The lowest BCUT2D eigenvalue weighted by molar-refractivity contribution is -0.145. The number of carbonyl (C=O) groups is 2. The van der Waals surface area contributed by atoms with Crippen LogP contribution in [0.2, 0.25) is 0 Å². The van der Waals surface area contributed by atoms with E-state index in [-0.39, 0.29) is 19.1 Å². The van der Waals surface area contributed by atoms with Crippen molar-refractivity contribution in [1.82, 2.24) is 4.90 Å². The Bertz CT molecular complexity index is 477. The molecule has 0 aromatic heterocycles. The van der Waals surface area contributed by atoms with E-state index in [4.69, 9.17) is 16.2 Å². The molecule has 0 spiro atoms. The Hall–Kier alpha value is -2.08. The summed E-state index contributed by atoms with van der Waals surface area (Å²) in [6.07, 6.45) is 1.79. The van der Waals surface area contributed by atoms with Gasteiger partial charge in [0.25, 0.3) is 0 Å². The minimum absolute atomic E-state index is 0.00230. The van der Waals surface area contributed by atoms with Gasteiger partial charge in [0.2, 0.25) is 5.91 Å². The largest absolute Gasteiger partial charge is 0.465 e. The first kappa shape index (κ1) is 17.0. The van der Waals surface area contributed by atoms with E-state index in [1.807, 2.05) is 19.1 Å². The van der Waals surface area contributed by atoms with Gasteiger partial charge in [-0.1, -0.05) is 25.5 Å². The Morgan fingerprint density at radius 1 is 1.29 bits per heavy atom. The van der Waals surface area contributed by atoms with Crippen molar-refractivity contribution in [2.45, 2.75) is 26.3 Å². The zero-order valence-corrected chi connectivity index (χ0v) is 12.4. The molecule has 0 bridgehead atoms. The van der Waals surface area contributed by atoms with Crippen LogP contribution in [0.15, 0.2) is 24.3 Å². The molecule has 0 aliphatic heterocycles. The number of unbranched alkanes of at least 4 members (excludes halogenated alkanes) is 1. The second kappa shape index (κ2) is 8.97. The average molecular weight is 293 g/mol. The maximum absolute atomic E-state index is 11.7. The van der Waals surface area contributed by atoms with Crippen molar-refractivity contribution in [3.63, 3.8) is 0 Å². The fraction of sp³-hybridized carbons (Fsp3) is 0.467. The van der Waals surface area contributed by atoms with Gasteiger partial charge in [-0.3, -0.25) is 14.5 Å². The van der Waals surface area contributed by atoms with Crippen molar-refractivity contribution >= 4 is 17.6 Å². The molecule has 0 radical (unpaired) electrons. The van der Waals surface area contributed by atoms with Crippen molar-refractivity contribution in [3.05, 3.63) is 29.8 Å². The summed E-state index contributed by atoms with van der Waals surface area (Å²) in [5.74, 6) is -0.839. The second-order valence-electron chi connectivity index (χ2n) is 4.93. The summed E-state index contributed by atoms with van der Waals surface area (Å²) < 4.78 is 5.10. The van der Waals surface area contributed by atoms with Crippen LogP contribution in [0, 0.1) is 0 Å². The minimum Gasteiger partial charge on any atom is -0.465 e. The van der Waals surface area contributed by atoms with Gasteiger partial charge < -0.3 is 16.2 Å². The fourth-order valence-corrected chi connectivity index (χ4v) is 1.90. The highest BCUT2D eigenvalue weighted by atomic mass is 16.5. The summed E-state index contributed by atoms with van der Waals surface area (Å²) in [7, 11) is 0. The van der Waals surface area contributed by atoms with E-state index in [2.05, 4.69) is 0 Å². The molecule has 0 saturated carbocycles. The van der Waals surface area contributed by atoms with Crippen LogP contribution in [0.5, 0.6) is 0 Å². The number of hydrogen-bond acceptors (Lipinski definition) is 5. The molecule has 0 aliphatic rings. The summed E-state index contributed by atoms with van der Waals surface area (Å²) in [5.41, 5.74) is 12.5. The van der Waals surface area contributed by atoms with Gasteiger partial charge in [0.05, 0.1) is 19.7 Å². The molecule has 0 saturated heterocycles. The number of esters is 1. The zero-order valence-electron chi connectivity index (χ0n) is 12.4. The Balaban J connectivity index is 2.58. The third-order valence-electron chi connectivity index (χ3n) is 2.85. The number of benzene rings is 1. The van der Waals surface area contributed by atoms with Gasteiger partial charge in [-0.05, 0) is 24.1 Å². The van der Waals surface area contributed by atoms with E-state index in [9.17, 15) is 9.59 Å². The van der Waals surface area contributed by atoms with Crippen molar-refractivity contribution < 1.29 is 14.3 Å². The maximum atomic E-state index is 11.7. The fourth-order valence-electron chi connectivity index (χ4n) is 1.90. The predicted octanol–water partition coefficient (Wildman–Crippen LogP) is 0.899. The first-order valence-electron chi connectivity index (χ1n) is 7.02. The number of nitrogens with two attached hydrogens (primary N) is 2. The number of nitrogen functional groups attached to an aromatic ring is 1. The Morgan fingerprint density at radius 3 is 2.67 bits per heavy atom. The first-order valence-corrected chi connectivity index (χ1v) is 7.02. The van der Waals surface area contributed by atoms with E-state index in [1.54, 1.807) is 17.0 Å². The van der Waals surface area contributed by atoms with Crippen LogP contribution < -0.4 is 11.5 Å². The molecule has 0 unspecified atom stereocenters.